The molecule has 0 bridgehead atoms. The van der Waals surface area contributed by atoms with Gasteiger partial charge in [-0.05, 0) is 36.8 Å². The first-order chi connectivity index (χ1) is 13.0. The van der Waals surface area contributed by atoms with Crippen LogP contribution in [0.5, 0.6) is 0 Å². The van der Waals surface area contributed by atoms with Crippen molar-refractivity contribution >= 4 is 46.4 Å². The second-order valence-corrected chi connectivity index (χ2v) is 6.83. The highest BCUT2D eigenvalue weighted by Gasteiger charge is 2.21. The Morgan fingerprint density at radius 2 is 2.04 bits per heavy atom. The van der Waals surface area contributed by atoms with Crippen LogP contribution in [0.3, 0.4) is 0 Å². The molecule has 2 aromatic heterocycles. The van der Waals surface area contributed by atoms with Crippen molar-refractivity contribution in [3.63, 3.8) is 0 Å². The lowest BCUT2D eigenvalue weighted by molar-refractivity contribution is -0.116. The van der Waals surface area contributed by atoms with Gasteiger partial charge in [0.15, 0.2) is 0 Å². The number of halogens is 2. The Balaban J connectivity index is 1.74. The topological polar surface area (TPSA) is 66.7 Å². The van der Waals surface area contributed by atoms with Crippen molar-refractivity contribution in [2.45, 2.75) is 13.3 Å². The second kappa shape index (κ2) is 8.41. The minimum Gasteiger partial charge on any atom is -0.328 e. The van der Waals surface area contributed by atoms with E-state index in [2.05, 4.69) is 10.3 Å². The lowest BCUT2D eigenvalue weighted by Gasteiger charge is -2.20. The smallest absolute Gasteiger partial charge is 0.274 e. The number of nitrogens with zero attached hydrogens (tertiary/aromatic N) is 3. The fourth-order valence-corrected chi connectivity index (χ4v) is 3.13. The largest absolute Gasteiger partial charge is 0.328 e. The number of amides is 2. The molecular formula is C19H18Cl2N4O2. The monoisotopic (exact) mass is 404 g/mol. The molecule has 0 saturated carbocycles. The number of aromatic nitrogens is 2. The third-order valence-electron chi connectivity index (χ3n) is 3.90. The summed E-state index contributed by atoms with van der Waals surface area (Å²) >= 11 is 11.9. The summed E-state index contributed by atoms with van der Waals surface area (Å²) in [6.45, 7) is 2.28. The summed E-state index contributed by atoms with van der Waals surface area (Å²) in [4.78, 5) is 31.1. The molecule has 2 heterocycles. The summed E-state index contributed by atoms with van der Waals surface area (Å²) in [7, 11) is 0. The highest BCUT2D eigenvalue weighted by atomic mass is 35.5. The Bertz CT molecular complexity index is 954. The van der Waals surface area contributed by atoms with Gasteiger partial charge in [0.05, 0.1) is 10.7 Å². The summed E-state index contributed by atoms with van der Waals surface area (Å²) in [5, 5.41) is 3.53. The number of fused-ring (bicyclic) bond motifs is 1. The maximum absolute atomic E-state index is 12.8. The normalized spacial score (nSPS) is 10.8. The molecule has 6 nitrogen and oxygen atoms in total. The van der Waals surface area contributed by atoms with Crippen molar-refractivity contribution in [3.8, 4) is 0 Å². The number of benzene rings is 1. The third kappa shape index (κ3) is 4.59. The van der Waals surface area contributed by atoms with Gasteiger partial charge in [0.1, 0.15) is 17.9 Å². The summed E-state index contributed by atoms with van der Waals surface area (Å²) in [6, 6.07) is 10.3. The first kappa shape index (κ1) is 19.2. The van der Waals surface area contributed by atoms with Crippen LogP contribution in [0.15, 0.2) is 48.8 Å². The second-order valence-electron chi connectivity index (χ2n) is 5.99. The maximum Gasteiger partial charge on any atom is 0.274 e. The third-order valence-corrected chi connectivity index (χ3v) is 4.45. The Kier molecular flexibility index (Phi) is 5.98. The summed E-state index contributed by atoms with van der Waals surface area (Å²) in [6.07, 6.45) is 4.20. The van der Waals surface area contributed by atoms with Crippen LogP contribution in [0.25, 0.3) is 5.65 Å². The van der Waals surface area contributed by atoms with Crippen molar-refractivity contribution in [2.24, 2.45) is 0 Å². The van der Waals surface area contributed by atoms with Crippen molar-refractivity contribution in [1.29, 1.82) is 0 Å². The Morgan fingerprint density at radius 1 is 1.22 bits per heavy atom. The number of hydrogen-bond acceptors (Lipinski definition) is 3. The van der Waals surface area contributed by atoms with Gasteiger partial charge in [-0.3, -0.25) is 9.59 Å². The van der Waals surface area contributed by atoms with E-state index in [0.29, 0.717) is 40.0 Å². The maximum atomic E-state index is 12.8. The van der Waals surface area contributed by atoms with Gasteiger partial charge in [-0.15, -0.1) is 0 Å². The number of imidazole rings is 1. The molecule has 27 heavy (non-hydrogen) atoms. The highest BCUT2D eigenvalue weighted by Crippen LogP contribution is 2.25. The highest BCUT2D eigenvalue weighted by molar-refractivity contribution is 6.36. The van der Waals surface area contributed by atoms with Gasteiger partial charge in [0.25, 0.3) is 5.91 Å². The predicted molar refractivity (Wildman–Crippen MR) is 106 cm³/mol. The van der Waals surface area contributed by atoms with Gasteiger partial charge in [-0.1, -0.05) is 36.2 Å². The van der Waals surface area contributed by atoms with Crippen LogP contribution in [0, 0.1) is 0 Å². The number of carbonyl (C=O) groups excluding carboxylic acids is 2. The molecule has 8 heteroatoms. The van der Waals surface area contributed by atoms with Gasteiger partial charge in [0.2, 0.25) is 5.91 Å². The molecule has 0 spiro atoms. The minimum atomic E-state index is -0.343. The molecule has 3 rings (SSSR count). The van der Waals surface area contributed by atoms with E-state index in [-0.39, 0.29) is 18.4 Å². The molecule has 0 radical (unpaired) electrons. The molecule has 0 saturated heterocycles. The van der Waals surface area contributed by atoms with E-state index < -0.39 is 0 Å². The Labute approximate surface area is 166 Å². The van der Waals surface area contributed by atoms with E-state index in [9.17, 15) is 9.59 Å². The van der Waals surface area contributed by atoms with Crippen LogP contribution in [-0.4, -0.2) is 39.2 Å². The van der Waals surface area contributed by atoms with Gasteiger partial charge >= 0.3 is 0 Å². The van der Waals surface area contributed by atoms with Crippen molar-refractivity contribution in [2.75, 3.05) is 18.4 Å². The zero-order valence-electron chi connectivity index (χ0n) is 14.7. The van der Waals surface area contributed by atoms with E-state index in [1.807, 2.05) is 31.3 Å². The van der Waals surface area contributed by atoms with Gasteiger partial charge < -0.3 is 14.6 Å². The zero-order chi connectivity index (χ0) is 19.4. The molecule has 2 amide bonds. The van der Waals surface area contributed by atoms with E-state index in [4.69, 9.17) is 23.2 Å². The summed E-state index contributed by atoms with van der Waals surface area (Å²) in [5.74, 6) is -0.636. The zero-order valence-corrected chi connectivity index (χ0v) is 16.2. The predicted octanol–water partition coefficient (Wildman–Crippen LogP) is 4.13. The number of hydrogen-bond donors (Lipinski definition) is 1. The van der Waals surface area contributed by atoms with Crippen molar-refractivity contribution < 1.29 is 9.59 Å². The average molecular weight is 405 g/mol. The van der Waals surface area contributed by atoms with Crippen molar-refractivity contribution in [3.05, 3.63) is 64.5 Å². The van der Waals surface area contributed by atoms with Crippen LogP contribution >= 0.6 is 23.2 Å². The number of pyridine rings is 1. The lowest BCUT2D eigenvalue weighted by Crippen LogP contribution is -2.38. The molecule has 1 aromatic carbocycles. The first-order valence-electron chi connectivity index (χ1n) is 8.46. The molecule has 0 aliphatic heterocycles. The Morgan fingerprint density at radius 3 is 2.74 bits per heavy atom. The fourth-order valence-electron chi connectivity index (χ4n) is 2.68. The van der Waals surface area contributed by atoms with Crippen LogP contribution in [-0.2, 0) is 4.79 Å². The minimum absolute atomic E-state index is 0.0977. The van der Waals surface area contributed by atoms with Crippen LogP contribution in [0.2, 0.25) is 10.0 Å². The molecule has 0 unspecified atom stereocenters. The lowest BCUT2D eigenvalue weighted by atomic mass is 10.3. The summed E-state index contributed by atoms with van der Waals surface area (Å²) in [5.41, 5.74) is 1.42. The van der Waals surface area contributed by atoms with Gasteiger partial charge in [-0.25, -0.2) is 4.98 Å². The van der Waals surface area contributed by atoms with Gasteiger partial charge in [-0.2, -0.15) is 0 Å². The summed E-state index contributed by atoms with van der Waals surface area (Å²) < 4.78 is 1.77. The quantitative estimate of drug-likeness (QED) is 0.671. The van der Waals surface area contributed by atoms with E-state index in [1.54, 1.807) is 28.8 Å². The molecule has 0 aliphatic rings. The molecular weight excluding hydrogens is 387 g/mol. The molecule has 0 aliphatic carbocycles. The molecule has 1 N–H and O–H groups in total. The SMILES string of the molecule is CCCN(CC(=O)Nc1ccc(Cl)cc1Cl)C(=O)c1cn2ccccc2n1. The number of nitrogens with one attached hydrogen (secondary N) is 1. The molecule has 140 valence electrons. The molecule has 0 atom stereocenters. The standard InChI is InChI=1S/C19H18Cl2N4O2/c1-2-8-25(12-18(26)23-15-7-6-13(20)10-14(15)21)19(27)16-11-24-9-4-3-5-17(24)22-16/h3-7,9-11H,2,8,12H2,1H3,(H,23,26). The van der Waals surface area contributed by atoms with Crippen molar-refractivity contribution in [1.82, 2.24) is 14.3 Å². The first-order valence-corrected chi connectivity index (χ1v) is 9.21. The fraction of sp³-hybridized carbons (Fsp3) is 0.211. The number of anilines is 1. The molecule has 3 aromatic rings. The van der Waals surface area contributed by atoms with E-state index in [0.717, 1.165) is 0 Å². The van der Waals surface area contributed by atoms with Gasteiger partial charge in [0, 0.05) is 24.0 Å². The Hall–Kier alpha value is -2.57. The van der Waals surface area contributed by atoms with Crippen LogP contribution in [0.1, 0.15) is 23.8 Å². The van der Waals surface area contributed by atoms with Crippen LogP contribution < -0.4 is 5.32 Å². The van der Waals surface area contributed by atoms with E-state index in [1.165, 1.54) is 4.90 Å². The van der Waals surface area contributed by atoms with Crippen LogP contribution in [0.4, 0.5) is 5.69 Å². The number of carbonyl (C=O) groups is 2. The average Bonchev–Trinajstić information content (AvgIpc) is 3.07. The van der Waals surface area contributed by atoms with E-state index >= 15 is 0 Å². The number of rotatable bonds is 6. The molecule has 0 fully saturated rings.